The highest BCUT2D eigenvalue weighted by Crippen LogP contribution is 2.22. The number of benzene rings is 1. The number of hydrogen-bond acceptors (Lipinski definition) is 5. The first-order valence-electron chi connectivity index (χ1n) is 6.87. The van der Waals surface area contributed by atoms with E-state index in [1.165, 1.54) is 7.11 Å². The largest absolute Gasteiger partial charge is 0.465 e. The first-order chi connectivity index (χ1) is 9.49. The molecule has 112 valence electrons. The summed E-state index contributed by atoms with van der Waals surface area (Å²) in [5, 5.41) is 0. The Labute approximate surface area is 121 Å². The van der Waals surface area contributed by atoms with Crippen LogP contribution in [0.1, 0.15) is 23.7 Å². The SMILES string of the molecule is CCN(CCCN(C)C)c1ccc(N)c(C(=O)OC)c1. The van der Waals surface area contributed by atoms with Gasteiger partial charge in [0.15, 0.2) is 0 Å². The zero-order valence-corrected chi connectivity index (χ0v) is 12.8. The smallest absolute Gasteiger partial charge is 0.340 e. The van der Waals surface area contributed by atoms with E-state index in [4.69, 9.17) is 10.5 Å². The zero-order chi connectivity index (χ0) is 15.1. The van der Waals surface area contributed by atoms with Crippen molar-refractivity contribution >= 4 is 17.3 Å². The third-order valence-corrected chi connectivity index (χ3v) is 3.22. The number of nitrogen functional groups attached to an aromatic ring is 1. The number of anilines is 2. The van der Waals surface area contributed by atoms with Crippen LogP contribution in [0.4, 0.5) is 11.4 Å². The summed E-state index contributed by atoms with van der Waals surface area (Å²) in [4.78, 5) is 16.1. The predicted molar refractivity (Wildman–Crippen MR) is 83.3 cm³/mol. The molecule has 1 rings (SSSR count). The van der Waals surface area contributed by atoms with Crippen molar-refractivity contribution in [1.82, 2.24) is 4.90 Å². The van der Waals surface area contributed by atoms with Gasteiger partial charge in [0.2, 0.25) is 0 Å². The molecular formula is C15H25N3O2. The van der Waals surface area contributed by atoms with Crippen LogP contribution >= 0.6 is 0 Å². The average Bonchev–Trinajstić information content (AvgIpc) is 2.43. The second-order valence-electron chi connectivity index (χ2n) is 5.00. The van der Waals surface area contributed by atoms with Crippen molar-refractivity contribution in [3.8, 4) is 0 Å². The minimum atomic E-state index is -0.395. The van der Waals surface area contributed by atoms with Crippen molar-refractivity contribution < 1.29 is 9.53 Å². The lowest BCUT2D eigenvalue weighted by Gasteiger charge is -2.24. The van der Waals surface area contributed by atoms with Crippen LogP contribution in [0.3, 0.4) is 0 Å². The molecule has 0 fully saturated rings. The quantitative estimate of drug-likeness (QED) is 0.609. The number of carbonyl (C=O) groups excluding carboxylic acids is 1. The van der Waals surface area contributed by atoms with E-state index in [9.17, 15) is 4.79 Å². The number of methoxy groups -OCH3 is 1. The maximum absolute atomic E-state index is 11.7. The molecule has 20 heavy (non-hydrogen) atoms. The van der Waals surface area contributed by atoms with E-state index in [-0.39, 0.29) is 0 Å². The van der Waals surface area contributed by atoms with Crippen LogP contribution < -0.4 is 10.6 Å². The molecule has 0 aliphatic rings. The van der Waals surface area contributed by atoms with E-state index < -0.39 is 5.97 Å². The van der Waals surface area contributed by atoms with E-state index in [0.29, 0.717) is 11.3 Å². The van der Waals surface area contributed by atoms with E-state index >= 15 is 0 Å². The van der Waals surface area contributed by atoms with Crippen molar-refractivity contribution in [2.24, 2.45) is 0 Å². The average molecular weight is 279 g/mol. The van der Waals surface area contributed by atoms with E-state index in [2.05, 4.69) is 30.8 Å². The summed E-state index contributed by atoms with van der Waals surface area (Å²) >= 11 is 0. The fourth-order valence-electron chi connectivity index (χ4n) is 2.08. The first kappa shape index (κ1) is 16.3. The van der Waals surface area contributed by atoms with Crippen molar-refractivity contribution in [2.75, 3.05) is 51.5 Å². The van der Waals surface area contributed by atoms with Crippen molar-refractivity contribution in [1.29, 1.82) is 0 Å². The predicted octanol–water partition coefficient (Wildman–Crippen LogP) is 1.83. The molecule has 0 aliphatic carbocycles. The number of esters is 1. The molecule has 0 spiro atoms. The van der Waals surface area contributed by atoms with Crippen LogP contribution in [-0.4, -0.2) is 51.7 Å². The molecule has 5 heteroatoms. The summed E-state index contributed by atoms with van der Waals surface area (Å²) in [6.45, 7) is 4.97. The molecule has 0 atom stereocenters. The Kier molecular flexibility index (Phi) is 6.31. The standard InChI is InChI=1S/C15H25N3O2/c1-5-18(10-6-9-17(2)3)12-7-8-14(16)13(11-12)15(19)20-4/h7-8,11H,5-6,9-10,16H2,1-4H3. The third-order valence-electron chi connectivity index (χ3n) is 3.22. The highest BCUT2D eigenvalue weighted by molar-refractivity contribution is 5.96. The molecule has 0 saturated carbocycles. The molecule has 0 aromatic heterocycles. The molecule has 0 unspecified atom stereocenters. The summed E-state index contributed by atoms with van der Waals surface area (Å²) in [5.41, 5.74) is 7.70. The minimum absolute atomic E-state index is 0.395. The summed E-state index contributed by atoms with van der Waals surface area (Å²) in [6, 6.07) is 5.51. The van der Waals surface area contributed by atoms with Gasteiger partial charge in [-0.05, 0) is 52.2 Å². The molecule has 0 bridgehead atoms. The van der Waals surface area contributed by atoms with Gasteiger partial charge < -0.3 is 20.3 Å². The number of hydrogen-bond donors (Lipinski definition) is 1. The lowest BCUT2D eigenvalue weighted by Crippen LogP contribution is -2.27. The molecule has 0 saturated heterocycles. The lowest BCUT2D eigenvalue weighted by molar-refractivity contribution is 0.0602. The van der Waals surface area contributed by atoms with Gasteiger partial charge in [0, 0.05) is 24.5 Å². The fraction of sp³-hybridized carbons (Fsp3) is 0.533. The highest BCUT2D eigenvalue weighted by Gasteiger charge is 2.13. The molecule has 1 aromatic rings. The molecule has 0 heterocycles. The van der Waals surface area contributed by atoms with E-state index in [1.807, 2.05) is 6.07 Å². The van der Waals surface area contributed by atoms with Crippen LogP contribution in [0.2, 0.25) is 0 Å². The minimum Gasteiger partial charge on any atom is -0.465 e. The Balaban J connectivity index is 2.84. The van der Waals surface area contributed by atoms with E-state index in [0.717, 1.165) is 31.7 Å². The Bertz CT molecular complexity index is 447. The highest BCUT2D eigenvalue weighted by atomic mass is 16.5. The number of nitrogens with two attached hydrogens (primary N) is 1. The second kappa shape index (κ2) is 7.75. The van der Waals surface area contributed by atoms with E-state index in [1.54, 1.807) is 12.1 Å². The molecule has 2 N–H and O–H groups in total. The summed E-state index contributed by atoms with van der Waals surface area (Å²) in [6.07, 6.45) is 1.07. The summed E-state index contributed by atoms with van der Waals surface area (Å²) in [5.74, 6) is -0.395. The number of carbonyl (C=O) groups is 1. The third kappa shape index (κ3) is 4.42. The van der Waals surface area contributed by atoms with Gasteiger partial charge in [-0.1, -0.05) is 0 Å². The Morgan fingerprint density at radius 1 is 1.30 bits per heavy atom. The van der Waals surface area contributed by atoms with Crippen LogP contribution in [0.15, 0.2) is 18.2 Å². The molecule has 1 aromatic carbocycles. The van der Waals surface area contributed by atoms with Crippen LogP contribution in [0.5, 0.6) is 0 Å². The van der Waals surface area contributed by atoms with Gasteiger partial charge >= 0.3 is 5.97 Å². The van der Waals surface area contributed by atoms with Crippen molar-refractivity contribution in [3.63, 3.8) is 0 Å². The van der Waals surface area contributed by atoms with Crippen molar-refractivity contribution in [3.05, 3.63) is 23.8 Å². The molecular weight excluding hydrogens is 254 g/mol. The Hall–Kier alpha value is -1.75. The Morgan fingerprint density at radius 2 is 2.00 bits per heavy atom. The van der Waals surface area contributed by atoms with Crippen LogP contribution in [0, 0.1) is 0 Å². The molecule has 5 nitrogen and oxygen atoms in total. The fourth-order valence-corrected chi connectivity index (χ4v) is 2.08. The van der Waals surface area contributed by atoms with Gasteiger partial charge in [0.05, 0.1) is 12.7 Å². The molecule has 0 aliphatic heterocycles. The zero-order valence-electron chi connectivity index (χ0n) is 12.8. The lowest BCUT2D eigenvalue weighted by atomic mass is 10.1. The number of ether oxygens (including phenoxy) is 1. The van der Waals surface area contributed by atoms with Gasteiger partial charge in [-0.2, -0.15) is 0 Å². The topological polar surface area (TPSA) is 58.8 Å². The normalized spacial score (nSPS) is 10.7. The molecule has 0 radical (unpaired) electrons. The Morgan fingerprint density at radius 3 is 2.55 bits per heavy atom. The number of nitrogens with zero attached hydrogens (tertiary/aromatic N) is 2. The summed E-state index contributed by atoms with van der Waals surface area (Å²) < 4.78 is 4.75. The maximum atomic E-state index is 11.7. The number of rotatable bonds is 7. The van der Waals surface area contributed by atoms with Gasteiger partial charge in [0.1, 0.15) is 0 Å². The van der Waals surface area contributed by atoms with Crippen molar-refractivity contribution in [2.45, 2.75) is 13.3 Å². The maximum Gasteiger partial charge on any atom is 0.340 e. The second-order valence-corrected chi connectivity index (χ2v) is 5.00. The molecule has 0 amide bonds. The first-order valence-corrected chi connectivity index (χ1v) is 6.87. The van der Waals surface area contributed by atoms with Crippen LogP contribution in [0.25, 0.3) is 0 Å². The van der Waals surface area contributed by atoms with Gasteiger partial charge in [0.25, 0.3) is 0 Å². The monoisotopic (exact) mass is 279 g/mol. The van der Waals surface area contributed by atoms with Gasteiger partial charge in [-0.25, -0.2) is 4.79 Å². The van der Waals surface area contributed by atoms with Crippen LogP contribution in [-0.2, 0) is 4.74 Å². The van der Waals surface area contributed by atoms with Gasteiger partial charge in [-0.3, -0.25) is 0 Å². The van der Waals surface area contributed by atoms with Gasteiger partial charge in [-0.15, -0.1) is 0 Å². The summed E-state index contributed by atoms with van der Waals surface area (Å²) in [7, 11) is 5.49.